The van der Waals surface area contributed by atoms with Gasteiger partial charge < -0.3 is 15.6 Å². The second-order valence-electron chi connectivity index (χ2n) is 5.98. The fraction of sp³-hybridized carbons (Fsp3) is 0.714. The van der Waals surface area contributed by atoms with E-state index in [4.69, 9.17) is 5.84 Å². The van der Waals surface area contributed by atoms with Crippen LogP contribution in [0.4, 0.5) is 11.6 Å². The van der Waals surface area contributed by atoms with Crippen LogP contribution in [0.5, 0.6) is 0 Å². The molecular formula is C14H26N6. The maximum Gasteiger partial charge on any atom is 0.148 e. The molecule has 0 spiro atoms. The number of rotatable bonds is 4. The van der Waals surface area contributed by atoms with Crippen LogP contribution >= 0.6 is 0 Å². The highest BCUT2D eigenvalue weighted by molar-refractivity contribution is 5.58. The van der Waals surface area contributed by atoms with Crippen LogP contribution in [0, 0.1) is 0 Å². The molecule has 0 bridgehead atoms. The number of nitrogen functional groups attached to an aromatic ring is 1. The topological polar surface area (TPSA) is 79.1 Å². The summed E-state index contributed by atoms with van der Waals surface area (Å²) in [6.07, 6.45) is 3.82. The largest absolute Gasteiger partial charge is 0.367 e. The minimum Gasteiger partial charge on any atom is -0.367 e. The molecule has 6 heteroatoms. The van der Waals surface area contributed by atoms with E-state index in [2.05, 4.69) is 53.4 Å². The lowest BCUT2D eigenvalue weighted by molar-refractivity contribution is 0.190. The lowest BCUT2D eigenvalue weighted by Crippen LogP contribution is -2.42. The summed E-state index contributed by atoms with van der Waals surface area (Å²) in [7, 11) is 2.18. The minimum absolute atomic E-state index is 0.313. The monoisotopic (exact) mass is 278 g/mol. The summed E-state index contributed by atoms with van der Waals surface area (Å²) in [6, 6.07) is 1.05. The number of hydrogen-bond acceptors (Lipinski definition) is 6. The van der Waals surface area contributed by atoms with Crippen LogP contribution in [0.2, 0.25) is 0 Å². The van der Waals surface area contributed by atoms with Crippen LogP contribution in [0.3, 0.4) is 0 Å². The first-order valence-corrected chi connectivity index (χ1v) is 7.31. The van der Waals surface area contributed by atoms with Gasteiger partial charge in [0.05, 0.1) is 0 Å². The van der Waals surface area contributed by atoms with Crippen molar-refractivity contribution in [2.45, 2.75) is 51.6 Å². The van der Waals surface area contributed by atoms with Crippen LogP contribution in [0.25, 0.3) is 0 Å². The molecule has 1 aromatic heterocycles. The second-order valence-corrected chi connectivity index (χ2v) is 5.98. The molecule has 0 saturated carbocycles. The van der Waals surface area contributed by atoms with Gasteiger partial charge in [0.25, 0.3) is 0 Å². The van der Waals surface area contributed by atoms with E-state index in [1.54, 1.807) is 6.33 Å². The van der Waals surface area contributed by atoms with Crippen molar-refractivity contribution in [2.24, 2.45) is 5.84 Å². The van der Waals surface area contributed by atoms with E-state index in [0.717, 1.165) is 30.8 Å². The van der Waals surface area contributed by atoms with Gasteiger partial charge in [-0.2, -0.15) is 0 Å². The van der Waals surface area contributed by atoms with Crippen LogP contribution in [-0.4, -0.2) is 40.5 Å². The Kier molecular flexibility index (Phi) is 4.77. The quantitative estimate of drug-likeness (QED) is 0.575. The zero-order valence-electron chi connectivity index (χ0n) is 12.8. The fourth-order valence-electron chi connectivity index (χ4n) is 2.79. The maximum absolute atomic E-state index is 5.56. The predicted octanol–water partition coefficient (Wildman–Crippen LogP) is 1.78. The molecule has 0 aliphatic carbocycles. The van der Waals surface area contributed by atoms with Gasteiger partial charge in [-0.15, -0.1) is 0 Å². The highest BCUT2D eigenvalue weighted by Gasteiger charge is 2.24. The molecule has 6 nitrogen and oxygen atoms in total. The van der Waals surface area contributed by atoms with Gasteiger partial charge in [-0.05, 0) is 32.7 Å². The normalized spacial score (nSPS) is 23.9. The van der Waals surface area contributed by atoms with E-state index < -0.39 is 0 Å². The van der Waals surface area contributed by atoms with Gasteiger partial charge in [0.15, 0.2) is 0 Å². The number of nitrogens with two attached hydrogens (primary N) is 1. The van der Waals surface area contributed by atoms with Gasteiger partial charge in [-0.25, -0.2) is 15.8 Å². The molecule has 0 aromatic carbocycles. The zero-order valence-corrected chi connectivity index (χ0v) is 12.8. The molecule has 112 valence electrons. The van der Waals surface area contributed by atoms with Gasteiger partial charge in [-0.3, -0.25) is 0 Å². The number of hydrogen-bond donors (Lipinski definition) is 3. The first-order chi connectivity index (χ1) is 9.52. The summed E-state index contributed by atoms with van der Waals surface area (Å²) in [4.78, 5) is 11.0. The molecule has 20 heavy (non-hydrogen) atoms. The standard InChI is InChI=1S/C14H26N6/c1-9(2)12-13(16-8-17-14(12)19-15)18-11-5-6-20(4)10(3)7-11/h8-11H,5-7,15H2,1-4H3,(H2,16,17,18,19). The molecule has 0 radical (unpaired) electrons. The van der Waals surface area contributed by atoms with Gasteiger partial charge >= 0.3 is 0 Å². The molecule has 2 heterocycles. The molecule has 2 unspecified atom stereocenters. The summed E-state index contributed by atoms with van der Waals surface area (Å²) in [5.74, 6) is 7.48. The third kappa shape index (κ3) is 3.19. The molecule has 4 N–H and O–H groups in total. The number of piperidine rings is 1. The predicted molar refractivity (Wildman–Crippen MR) is 82.7 cm³/mol. The first kappa shape index (κ1) is 15.0. The van der Waals surface area contributed by atoms with Crippen molar-refractivity contribution in [3.05, 3.63) is 11.9 Å². The van der Waals surface area contributed by atoms with E-state index in [9.17, 15) is 0 Å². The van der Waals surface area contributed by atoms with Crippen LogP contribution in [-0.2, 0) is 0 Å². The summed E-state index contributed by atoms with van der Waals surface area (Å²) >= 11 is 0. The van der Waals surface area contributed by atoms with Crippen molar-refractivity contribution in [2.75, 3.05) is 24.3 Å². The highest BCUT2D eigenvalue weighted by Crippen LogP contribution is 2.29. The first-order valence-electron chi connectivity index (χ1n) is 7.31. The van der Waals surface area contributed by atoms with Gasteiger partial charge in [-0.1, -0.05) is 13.8 Å². The molecule has 1 aliphatic rings. The number of likely N-dealkylation sites (tertiary alicyclic amines) is 1. The average molecular weight is 278 g/mol. The molecule has 1 aliphatic heterocycles. The van der Waals surface area contributed by atoms with E-state index >= 15 is 0 Å². The maximum atomic E-state index is 5.56. The van der Waals surface area contributed by atoms with E-state index in [0.29, 0.717) is 23.8 Å². The number of nitrogens with zero attached hydrogens (tertiary/aromatic N) is 3. The van der Waals surface area contributed by atoms with Crippen molar-refractivity contribution in [1.29, 1.82) is 0 Å². The average Bonchev–Trinajstić information content (AvgIpc) is 2.42. The van der Waals surface area contributed by atoms with Crippen molar-refractivity contribution >= 4 is 11.6 Å². The number of nitrogens with one attached hydrogen (secondary N) is 2. The van der Waals surface area contributed by atoms with Gasteiger partial charge in [0, 0.05) is 24.2 Å². The Bertz CT molecular complexity index is 447. The Hall–Kier alpha value is -1.40. The third-order valence-electron chi connectivity index (χ3n) is 4.15. The SMILES string of the molecule is CC(C)c1c(NN)ncnc1NC1CCN(C)C(C)C1. The van der Waals surface area contributed by atoms with Crippen LogP contribution in [0.15, 0.2) is 6.33 Å². The van der Waals surface area contributed by atoms with Crippen molar-refractivity contribution in [1.82, 2.24) is 14.9 Å². The lowest BCUT2D eigenvalue weighted by atomic mass is 9.98. The van der Waals surface area contributed by atoms with Crippen LogP contribution < -0.4 is 16.6 Å². The molecule has 0 amide bonds. The smallest absolute Gasteiger partial charge is 0.148 e. The lowest BCUT2D eigenvalue weighted by Gasteiger charge is -2.36. The Balaban J connectivity index is 2.17. The molecule has 1 aromatic rings. The van der Waals surface area contributed by atoms with E-state index in [-0.39, 0.29) is 0 Å². The molecule has 2 atom stereocenters. The Morgan fingerprint density at radius 1 is 1.35 bits per heavy atom. The summed E-state index contributed by atoms with van der Waals surface area (Å²) < 4.78 is 0. The molecule has 1 saturated heterocycles. The highest BCUT2D eigenvalue weighted by atomic mass is 15.3. The number of anilines is 2. The second kappa shape index (κ2) is 6.37. The van der Waals surface area contributed by atoms with Gasteiger partial charge in [0.2, 0.25) is 0 Å². The van der Waals surface area contributed by atoms with Crippen LogP contribution in [0.1, 0.15) is 45.1 Å². The number of aromatic nitrogens is 2. The van der Waals surface area contributed by atoms with Crippen molar-refractivity contribution < 1.29 is 0 Å². The summed E-state index contributed by atoms with van der Waals surface area (Å²) in [6.45, 7) is 7.64. The van der Waals surface area contributed by atoms with Crippen molar-refractivity contribution in [3.8, 4) is 0 Å². The minimum atomic E-state index is 0.313. The Labute approximate surface area is 121 Å². The van der Waals surface area contributed by atoms with E-state index in [1.807, 2.05) is 0 Å². The molecule has 1 fully saturated rings. The summed E-state index contributed by atoms with van der Waals surface area (Å²) in [5.41, 5.74) is 3.73. The summed E-state index contributed by atoms with van der Waals surface area (Å²) in [5, 5.41) is 3.58. The third-order valence-corrected chi connectivity index (χ3v) is 4.15. The van der Waals surface area contributed by atoms with Crippen molar-refractivity contribution in [3.63, 3.8) is 0 Å². The molecule has 2 rings (SSSR count). The zero-order chi connectivity index (χ0) is 14.7. The van der Waals surface area contributed by atoms with E-state index in [1.165, 1.54) is 0 Å². The molecular weight excluding hydrogens is 252 g/mol. The fourth-order valence-corrected chi connectivity index (χ4v) is 2.79. The van der Waals surface area contributed by atoms with Gasteiger partial charge in [0.1, 0.15) is 18.0 Å². The Morgan fingerprint density at radius 3 is 2.65 bits per heavy atom. The Morgan fingerprint density at radius 2 is 2.05 bits per heavy atom. The number of hydrazine groups is 1.